The van der Waals surface area contributed by atoms with E-state index in [0.29, 0.717) is 48.6 Å². The highest BCUT2D eigenvalue weighted by molar-refractivity contribution is 9.10. The number of pyridine rings is 1. The van der Waals surface area contributed by atoms with Crippen molar-refractivity contribution in [2.24, 2.45) is 5.92 Å². The van der Waals surface area contributed by atoms with Crippen LogP contribution in [0.25, 0.3) is 11.0 Å². The third kappa shape index (κ3) is 4.60. The smallest absolute Gasteiger partial charge is 0.223 e. The van der Waals surface area contributed by atoms with E-state index in [0.717, 1.165) is 34.2 Å². The van der Waals surface area contributed by atoms with Gasteiger partial charge in [-0.25, -0.2) is 9.67 Å². The minimum Gasteiger partial charge on any atom is -0.437 e. The summed E-state index contributed by atoms with van der Waals surface area (Å²) in [4.78, 5) is 20.5. The van der Waals surface area contributed by atoms with Crippen molar-refractivity contribution in [1.29, 1.82) is 0 Å². The van der Waals surface area contributed by atoms with Gasteiger partial charge in [0.25, 0.3) is 0 Å². The van der Waals surface area contributed by atoms with Crippen LogP contribution >= 0.6 is 27.5 Å². The van der Waals surface area contributed by atoms with Crippen molar-refractivity contribution in [1.82, 2.24) is 29.8 Å². The summed E-state index contributed by atoms with van der Waals surface area (Å²) in [5, 5.41) is 9.23. The molecule has 0 spiro atoms. The SMILES string of the molecule is CN1CCN(Cc2cc(Cl)cnc2Oc2ccc3c(nnn3CC3CC3)c2Br)CCC1=O. The summed E-state index contributed by atoms with van der Waals surface area (Å²) in [5.41, 5.74) is 2.63. The molecule has 1 aromatic carbocycles. The van der Waals surface area contributed by atoms with E-state index in [2.05, 4.69) is 36.1 Å². The van der Waals surface area contributed by atoms with Gasteiger partial charge in [0.05, 0.1) is 15.0 Å². The van der Waals surface area contributed by atoms with E-state index >= 15 is 0 Å². The summed E-state index contributed by atoms with van der Waals surface area (Å²) >= 11 is 9.89. The summed E-state index contributed by atoms with van der Waals surface area (Å²) in [6.07, 6.45) is 4.60. The number of nitrogens with zero attached hydrogens (tertiary/aromatic N) is 6. The summed E-state index contributed by atoms with van der Waals surface area (Å²) in [7, 11) is 1.84. The highest BCUT2D eigenvalue weighted by Crippen LogP contribution is 2.37. The molecule has 3 heterocycles. The number of likely N-dealkylation sites (N-methyl/N-ethyl adjacent to an activating group) is 1. The second-order valence-corrected chi connectivity index (χ2v) is 9.75. The molecule has 8 nitrogen and oxygen atoms in total. The number of rotatable bonds is 6. The molecule has 0 atom stereocenters. The van der Waals surface area contributed by atoms with Gasteiger partial charge in [0, 0.05) is 58.0 Å². The van der Waals surface area contributed by atoms with E-state index in [9.17, 15) is 4.79 Å². The van der Waals surface area contributed by atoms with Crippen molar-refractivity contribution in [3.8, 4) is 11.6 Å². The lowest BCUT2D eigenvalue weighted by Gasteiger charge is -2.21. The molecule has 0 unspecified atom stereocenters. The average Bonchev–Trinajstić information content (AvgIpc) is 3.53. The predicted octanol–water partition coefficient (Wildman–Crippen LogP) is 4.11. The Morgan fingerprint density at radius 2 is 2.09 bits per heavy atom. The zero-order valence-electron chi connectivity index (χ0n) is 17.8. The minimum absolute atomic E-state index is 0.167. The van der Waals surface area contributed by atoms with Gasteiger partial charge < -0.3 is 9.64 Å². The van der Waals surface area contributed by atoms with E-state index in [1.807, 2.05) is 29.9 Å². The first-order valence-electron chi connectivity index (χ1n) is 10.8. The van der Waals surface area contributed by atoms with Gasteiger partial charge in [0.15, 0.2) is 0 Å². The third-order valence-corrected chi connectivity index (χ3v) is 7.00. The molecule has 3 aromatic rings. The molecule has 32 heavy (non-hydrogen) atoms. The van der Waals surface area contributed by atoms with Crippen molar-refractivity contribution in [2.75, 3.05) is 26.7 Å². The first kappa shape index (κ1) is 21.6. The molecule has 10 heteroatoms. The number of halogens is 2. The molecule has 0 radical (unpaired) electrons. The van der Waals surface area contributed by atoms with E-state index in [1.54, 1.807) is 11.1 Å². The molecule has 1 amide bonds. The van der Waals surface area contributed by atoms with Gasteiger partial charge in [-0.3, -0.25) is 9.69 Å². The Balaban J connectivity index is 1.39. The van der Waals surface area contributed by atoms with Gasteiger partial charge in [-0.15, -0.1) is 5.10 Å². The van der Waals surface area contributed by atoms with Gasteiger partial charge >= 0.3 is 0 Å². The quantitative estimate of drug-likeness (QED) is 0.488. The minimum atomic E-state index is 0.167. The fourth-order valence-corrected chi connectivity index (χ4v) is 4.57. The van der Waals surface area contributed by atoms with Crippen LogP contribution in [0, 0.1) is 5.92 Å². The second kappa shape index (κ2) is 8.96. The maximum atomic E-state index is 12.0. The number of carbonyl (C=O) groups excluding carboxylic acids is 1. The number of ether oxygens (including phenoxy) is 1. The molecular weight excluding hydrogens is 496 g/mol. The summed E-state index contributed by atoms with van der Waals surface area (Å²) < 4.78 is 8.94. The molecule has 0 N–H and O–H groups in total. The molecule has 2 fully saturated rings. The lowest BCUT2D eigenvalue weighted by Crippen LogP contribution is -2.30. The van der Waals surface area contributed by atoms with Crippen LogP contribution in [-0.2, 0) is 17.9 Å². The number of fused-ring (bicyclic) bond motifs is 1. The zero-order chi connectivity index (χ0) is 22.2. The molecule has 5 rings (SSSR count). The lowest BCUT2D eigenvalue weighted by molar-refractivity contribution is -0.129. The molecule has 2 aliphatic rings. The van der Waals surface area contributed by atoms with Crippen molar-refractivity contribution in [3.05, 3.63) is 39.5 Å². The number of benzene rings is 1. The van der Waals surface area contributed by atoms with E-state index in [1.165, 1.54) is 12.8 Å². The molecule has 1 saturated heterocycles. The number of amides is 1. The monoisotopic (exact) mass is 518 g/mol. The summed E-state index contributed by atoms with van der Waals surface area (Å²) in [5.74, 6) is 1.99. The zero-order valence-corrected chi connectivity index (χ0v) is 20.1. The molecule has 1 aliphatic heterocycles. The van der Waals surface area contributed by atoms with Crippen molar-refractivity contribution in [3.63, 3.8) is 0 Å². The van der Waals surface area contributed by atoms with Crippen LogP contribution in [0.3, 0.4) is 0 Å². The normalized spacial score (nSPS) is 17.7. The molecule has 2 aromatic heterocycles. The first-order chi connectivity index (χ1) is 15.5. The molecule has 1 aliphatic carbocycles. The maximum absolute atomic E-state index is 12.0. The van der Waals surface area contributed by atoms with Crippen LogP contribution in [0.4, 0.5) is 0 Å². The van der Waals surface area contributed by atoms with Crippen LogP contribution in [0.5, 0.6) is 11.6 Å². The van der Waals surface area contributed by atoms with Gasteiger partial charge in [-0.05, 0) is 52.9 Å². The number of hydrogen-bond acceptors (Lipinski definition) is 6. The molecule has 0 bridgehead atoms. The van der Waals surface area contributed by atoms with Crippen LogP contribution in [0.1, 0.15) is 24.8 Å². The van der Waals surface area contributed by atoms with Gasteiger partial charge in [0.2, 0.25) is 11.8 Å². The highest BCUT2D eigenvalue weighted by atomic mass is 79.9. The Kier molecular flexibility index (Phi) is 6.05. The Labute approximate surface area is 199 Å². The van der Waals surface area contributed by atoms with Crippen LogP contribution < -0.4 is 4.74 Å². The number of carbonyl (C=O) groups is 1. The van der Waals surface area contributed by atoms with Crippen LogP contribution in [-0.4, -0.2) is 62.4 Å². The third-order valence-electron chi connectivity index (χ3n) is 6.03. The van der Waals surface area contributed by atoms with Crippen molar-refractivity contribution in [2.45, 2.75) is 32.4 Å². The van der Waals surface area contributed by atoms with Gasteiger partial charge in [-0.2, -0.15) is 0 Å². The average molecular weight is 520 g/mol. The highest BCUT2D eigenvalue weighted by Gasteiger charge is 2.24. The molecule has 1 saturated carbocycles. The Morgan fingerprint density at radius 1 is 1.25 bits per heavy atom. The van der Waals surface area contributed by atoms with Crippen molar-refractivity contribution >= 4 is 44.5 Å². The molecular formula is C22H24BrClN6O2. The maximum Gasteiger partial charge on any atom is 0.223 e. The van der Waals surface area contributed by atoms with Gasteiger partial charge in [-0.1, -0.05) is 16.8 Å². The fraction of sp³-hybridized carbons (Fsp3) is 0.455. The van der Waals surface area contributed by atoms with Crippen LogP contribution in [0.15, 0.2) is 28.9 Å². The fourth-order valence-electron chi connectivity index (χ4n) is 3.89. The Bertz CT molecular complexity index is 1160. The van der Waals surface area contributed by atoms with E-state index in [-0.39, 0.29) is 5.91 Å². The standard InChI is InChI=1S/C22H24BrClN6O2/c1-28-8-9-29(7-6-19(28)31)13-15-10-16(24)11-25-22(15)32-18-5-4-17-21(20(18)23)26-27-30(17)12-14-2-3-14/h4-5,10-11,14H,2-3,6-9,12-13H2,1H3. The van der Waals surface area contributed by atoms with Crippen LogP contribution in [0.2, 0.25) is 5.02 Å². The second-order valence-electron chi connectivity index (χ2n) is 8.52. The van der Waals surface area contributed by atoms with Crippen molar-refractivity contribution < 1.29 is 9.53 Å². The number of hydrogen-bond donors (Lipinski definition) is 0. The van der Waals surface area contributed by atoms with E-state index in [4.69, 9.17) is 16.3 Å². The van der Waals surface area contributed by atoms with E-state index < -0.39 is 0 Å². The lowest BCUT2D eigenvalue weighted by atomic mass is 10.2. The summed E-state index contributed by atoms with van der Waals surface area (Å²) in [6, 6.07) is 5.78. The first-order valence-corrected chi connectivity index (χ1v) is 12.0. The largest absolute Gasteiger partial charge is 0.437 e. The predicted molar refractivity (Wildman–Crippen MR) is 125 cm³/mol. The number of aromatic nitrogens is 4. The topological polar surface area (TPSA) is 76.4 Å². The Hall–Kier alpha value is -2.23. The summed E-state index contributed by atoms with van der Waals surface area (Å²) in [6.45, 7) is 3.67. The molecule has 168 valence electrons. The Morgan fingerprint density at radius 3 is 2.91 bits per heavy atom. The van der Waals surface area contributed by atoms with Gasteiger partial charge in [0.1, 0.15) is 11.3 Å².